The first-order chi connectivity index (χ1) is 17.2. The molecule has 3 rings (SSSR count). The largest absolute Gasteiger partial charge is 0.394 e. The number of benzene rings is 2. The molecule has 192 valence electrons. The monoisotopic (exact) mass is 506 g/mol. The number of carbonyl (C=O) groups is 2. The fraction of sp³-hybridized carbons (Fsp3) is 0.292. The molecule has 0 aliphatic heterocycles. The van der Waals surface area contributed by atoms with E-state index in [1.54, 1.807) is 0 Å². The van der Waals surface area contributed by atoms with Gasteiger partial charge in [-0.1, -0.05) is 12.1 Å². The van der Waals surface area contributed by atoms with Crippen molar-refractivity contribution in [2.75, 3.05) is 18.3 Å². The van der Waals surface area contributed by atoms with Crippen LogP contribution in [0.4, 0.5) is 19.0 Å². The van der Waals surface area contributed by atoms with E-state index in [1.165, 1.54) is 49.5 Å². The van der Waals surface area contributed by atoms with Gasteiger partial charge in [-0.05, 0) is 42.1 Å². The van der Waals surface area contributed by atoms with Crippen LogP contribution in [0.3, 0.4) is 0 Å². The fourth-order valence-corrected chi connectivity index (χ4v) is 3.53. The van der Waals surface area contributed by atoms with Crippen LogP contribution < -0.4 is 10.5 Å². The van der Waals surface area contributed by atoms with Crippen LogP contribution in [0.15, 0.2) is 48.7 Å². The average molecular weight is 506 g/mol. The normalized spacial score (nSPS) is 12.8. The number of rotatable bonds is 12. The highest BCUT2D eigenvalue weighted by molar-refractivity contribution is 5.85. The number of hydrazine groups is 1. The molecule has 0 radical (unpaired) electrons. The molecule has 2 atom stereocenters. The van der Waals surface area contributed by atoms with Crippen LogP contribution in [0.2, 0.25) is 0 Å². The molecule has 0 unspecified atom stereocenters. The van der Waals surface area contributed by atoms with E-state index in [0.29, 0.717) is 17.2 Å². The van der Waals surface area contributed by atoms with Gasteiger partial charge in [0.05, 0.1) is 25.4 Å². The van der Waals surface area contributed by atoms with Crippen molar-refractivity contribution < 1.29 is 37.8 Å². The highest BCUT2D eigenvalue weighted by Crippen LogP contribution is 2.21. The number of pyridine rings is 1. The molecule has 3 N–H and O–H groups in total. The van der Waals surface area contributed by atoms with Crippen LogP contribution >= 0.6 is 0 Å². The lowest BCUT2D eigenvalue weighted by molar-refractivity contribution is -0.138. The third kappa shape index (κ3) is 6.76. The van der Waals surface area contributed by atoms with Crippen LogP contribution in [-0.4, -0.2) is 57.9 Å². The lowest BCUT2D eigenvalue weighted by Crippen LogP contribution is -2.52. The van der Waals surface area contributed by atoms with Crippen molar-refractivity contribution in [2.45, 2.75) is 32.0 Å². The zero-order valence-electron chi connectivity index (χ0n) is 19.3. The predicted octanol–water partition coefficient (Wildman–Crippen LogP) is 2.21. The standard InChI is InChI=1S/C24H25F3N4O5/c1-15(34)31(29-11-17-3-2-4-22(26)24(17)27)20(9-21(35)12-32)13-36-30(14-33)23-8-18-7-19(25)6-5-16(18)10-28-23/h2-8,10,14,20-21,29,32,35H,9,11-13H2,1H3/t20-,21+/m0/s1. The van der Waals surface area contributed by atoms with E-state index in [-0.39, 0.29) is 31.0 Å². The van der Waals surface area contributed by atoms with E-state index in [9.17, 15) is 33.0 Å². The molecule has 0 spiro atoms. The second-order valence-electron chi connectivity index (χ2n) is 7.92. The zero-order valence-corrected chi connectivity index (χ0v) is 19.3. The first kappa shape index (κ1) is 27.0. The van der Waals surface area contributed by atoms with Gasteiger partial charge in [0.1, 0.15) is 5.82 Å². The quantitative estimate of drug-likeness (QED) is 0.255. The summed E-state index contributed by atoms with van der Waals surface area (Å²) in [6.07, 6.45) is 0.311. The highest BCUT2D eigenvalue weighted by Gasteiger charge is 2.26. The summed E-state index contributed by atoms with van der Waals surface area (Å²) < 4.78 is 41.2. The summed E-state index contributed by atoms with van der Waals surface area (Å²) in [6.45, 7) is -0.0545. The topological polar surface area (TPSA) is 115 Å². The Morgan fingerprint density at radius 1 is 1.19 bits per heavy atom. The Labute approximate surface area is 204 Å². The maximum Gasteiger partial charge on any atom is 0.239 e. The number of hydrogen-bond donors (Lipinski definition) is 3. The molecule has 12 heteroatoms. The van der Waals surface area contributed by atoms with Gasteiger partial charge in [0, 0.05) is 30.6 Å². The number of anilines is 1. The number of hydrogen-bond acceptors (Lipinski definition) is 7. The summed E-state index contributed by atoms with van der Waals surface area (Å²) >= 11 is 0. The maximum atomic E-state index is 14.1. The van der Waals surface area contributed by atoms with Crippen LogP contribution in [0.1, 0.15) is 18.9 Å². The minimum atomic E-state index is -1.25. The smallest absolute Gasteiger partial charge is 0.239 e. The summed E-state index contributed by atoms with van der Waals surface area (Å²) in [7, 11) is 0. The van der Waals surface area contributed by atoms with Crippen molar-refractivity contribution in [1.29, 1.82) is 0 Å². The summed E-state index contributed by atoms with van der Waals surface area (Å²) in [5.41, 5.74) is 2.64. The van der Waals surface area contributed by atoms with Gasteiger partial charge in [0.15, 0.2) is 17.5 Å². The number of aliphatic hydroxyl groups excluding tert-OH is 2. The number of fused-ring (bicyclic) bond motifs is 1. The molecular formula is C24H25F3N4O5. The first-order valence-electron chi connectivity index (χ1n) is 10.9. The van der Waals surface area contributed by atoms with Gasteiger partial charge in [-0.3, -0.25) is 19.4 Å². The molecule has 2 aromatic carbocycles. The minimum absolute atomic E-state index is 0.0359. The van der Waals surface area contributed by atoms with Crippen molar-refractivity contribution in [1.82, 2.24) is 15.4 Å². The van der Waals surface area contributed by atoms with Crippen LogP contribution in [-0.2, 0) is 21.0 Å². The molecule has 9 nitrogen and oxygen atoms in total. The van der Waals surface area contributed by atoms with Crippen LogP contribution in [0.5, 0.6) is 0 Å². The van der Waals surface area contributed by atoms with Crippen molar-refractivity contribution in [3.63, 3.8) is 0 Å². The molecule has 3 aromatic rings. The van der Waals surface area contributed by atoms with Crippen LogP contribution in [0.25, 0.3) is 10.8 Å². The van der Waals surface area contributed by atoms with Gasteiger partial charge in [0.25, 0.3) is 0 Å². The number of hydroxylamine groups is 1. The number of nitrogens with zero attached hydrogens (tertiary/aromatic N) is 3. The fourth-order valence-electron chi connectivity index (χ4n) is 3.53. The van der Waals surface area contributed by atoms with Gasteiger partial charge < -0.3 is 10.2 Å². The van der Waals surface area contributed by atoms with E-state index in [0.717, 1.165) is 16.1 Å². The Bertz CT molecular complexity index is 1220. The summed E-state index contributed by atoms with van der Waals surface area (Å²) in [4.78, 5) is 33.7. The summed E-state index contributed by atoms with van der Waals surface area (Å²) in [5, 5.41) is 22.2. The Balaban J connectivity index is 1.79. The van der Waals surface area contributed by atoms with Gasteiger partial charge >= 0.3 is 0 Å². The highest BCUT2D eigenvalue weighted by atomic mass is 19.2. The third-order valence-electron chi connectivity index (χ3n) is 5.33. The lowest BCUT2D eigenvalue weighted by atomic mass is 10.1. The van der Waals surface area contributed by atoms with E-state index in [1.807, 2.05) is 0 Å². The number of carbonyl (C=O) groups excluding carboxylic acids is 2. The average Bonchev–Trinajstić information content (AvgIpc) is 2.86. The van der Waals surface area contributed by atoms with Crippen LogP contribution in [0, 0.1) is 17.5 Å². The van der Waals surface area contributed by atoms with Crippen molar-refractivity contribution in [3.05, 3.63) is 71.7 Å². The Kier molecular flexibility index (Phi) is 9.31. The Hall–Kier alpha value is -3.58. The number of halogens is 3. The van der Waals surface area contributed by atoms with Gasteiger partial charge in [-0.25, -0.2) is 23.6 Å². The maximum absolute atomic E-state index is 14.1. The minimum Gasteiger partial charge on any atom is -0.394 e. The number of nitrogens with one attached hydrogen (secondary N) is 1. The second-order valence-corrected chi connectivity index (χ2v) is 7.92. The van der Waals surface area contributed by atoms with Gasteiger partial charge in [0.2, 0.25) is 12.3 Å². The zero-order chi connectivity index (χ0) is 26.2. The number of aliphatic hydroxyl groups is 2. The Morgan fingerprint density at radius 2 is 1.97 bits per heavy atom. The summed E-state index contributed by atoms with van der Waals surface area (Å²) in [6, 6.07) is 8.13. The van der Waals surface area contributed by atoms with Crippen molar-refractivity contribution >= 4 is 28.9 Å². The molecule has 0 fully saturated rings. The molecule has 1 aromatic heterocycles. The molecule has 0 aliphatic rings. The van der Waals surface area contributed by atoms with E-state index >= 15 is 0 Å². The lowest BCUT2D eigenvalue weighted by Gasteiger charge is -2.33. The molecule has 0 bridgehead atoms. The second kappa shape index (κ2) is 12.4. The van der Waals surface area contributed by atoms with E-state index in [4.69, 9.17) is 4.84 Å². The van der Waals surface area contributed by atoms with Crippen molar-refractivity contribution in [2.24, 2.45) is 0 Å². The third-order valence-corrected chi connectivity index (χ3v) is 5.33. The molecule has 0 saturated heterocycles. The Morgan fingerprint density at radius 3 is 2.67 bits per heavy atom. The van der Waals surface area contributed by atoms with Crippen molar-refractivity contribution in [3.8, 4) is 0 Å². The SMILES string of the molecule is CC(=O)N(NCc1cccc(F)c1F)[C@H](CON(C=O)c1cc2cc(F)ccc2cn1)C[C@@H](O)CO. The van der Waals surface area contributed by atoms with E-state index in [2.05, 4.69) is 10.4 Å². The predicted molar refractivity (Wildman–Crippen MR) is 123 cm³/mol. The molecule has 0 aliphatic carbocycles. The van der Waals surface area contributed by atoms with E-state index < -0.39 is 42.1 Å². The van der Waals surface area contributed by atoms with Gasteiger partial charge in [-0.2, -0.15) is 5.06 Å². The first-order valence-corrected chi connectivity index (χ1v) is 10.9. The molecule has 2 amide bonds. The molecule has 0 saturated carbocycles. The molecule has 1 heterocycles. The summed E-state index contributed by atoms with van der Waals surface area (Å²) in [5.74, 6) is -3.13. The molecular weight excluding hydrogens is 481 g/mol. The van der Waals surface area contributed by atoms with Gasteiger partial charge in [-0.15, -0.1) is 0 Å². The number of aromatic nitrogens is 1. The number of amides is 2. The molecule has 36 heavy (non-hydrogen) atoms.